The maximum Gasteiger partial charge on any atom is 0.191 e. The lowest BCUT2D eigenvalue weighted by atomic mass is 10.1. The van der Waals surface area contributed by atoms with Crippen molar-refractivity contribution in [2.75, 3.05) is 51.7 Å². The largest absolute Gasteiger partial charge is 0.369 e. The van der Waals surface area contributed by atoms with E-state index in [0.717, 1.165) is 49.3 Å². The number of hydrogen-bond acceptors (Lipinski definition) is 3. The molecule has 1 aliphatic heterocycles. The first-order valence-corrected chi connectivity index (χ1v) is 9.04. The minimum Gasteiger partial charge on any atom is -0.369 e. The van der Waals surface area contributed by atoms with Crippen LogP contribution >= 0.6 is 35.6 Å². The van der Waals surface area contributed by atoms with Gasteiger partial charge in [-0.25, -0.2) is 0 Å². The average molecular weight is 480 g/mol. The Morgan fingerprint density at radius 2 is 1.88 bits per heavy atom. The van der Waals surface area contributed by atoms with E-state index in [0.29, 0.717) is 12.5 Å². The van der Waals surface area contributed by atoms with Crippen molar-refractivity contribution in [1.82, 2.24) is 15.5 Å². The van der Waals surface area contributed by atoms with Gasteiger partial charge in [-0.2, -0.15) is 0 Å². The molecule has 142 valence electrons. The molecule has 0 aromatic heterocycles. The highest BCUT2D eigenvalue weighted by atomic mass is 127. The quantitative estimate of drug-likeness (QED) is 0.387. The number of hydrogen-bond donors (Lipinski definition) is 2. The molecule has 1 aromatic carbocycles. The number of anilines is 1. The third-order valence-electron chi connectivity index (χ3n) is 4.27. The highest BCUT2D eigenvalue weighted by molar-refractivity contribution is 14.0. The Balaban J connectivity index is 0.00000312. The molecule has 0 spiro atoms. The van der Waals surface area contributed by atoms with Crippen LogP contribution in [0.4, 0.5) is 5.69 Å². The van der Waals surface area contributed by atoms with Gasteiger partial charge in [0, 0.05) is 62.6 Å². The molecule has 0 saturated carbocycles. The number of nitrogens with one attached hydrogen (secondary N) is 2. The van der Waals surface area contributed by atoms with Crippen LogP contribution < -0.4 is 15.5 Å². The molecule has 25 heavy (non-hydrogen) atoms. The predicted molar refractivity (Wildman–Crippen MR) is 120 cm³/mol. The van der Waals surface area contributed by atoms with Crippen LogP contribution in [0.1, 0.15) is 19.4 Å². The fourth-order valence-electron chi connectivity index (χ4n) is 2.76. The molecule has 1 fully saturated rings. The van der Waals surface area contributed by atoms with Crippen LogP contribution in [0.25, 0.3) is 0 Å². The van der Waals surface area contributed by atoms with Gasteiger partial charge in [0.05, 0.1) is 0 Å². The van der Waals surface area contributed by atoms with E-state index in [2.05, 4.69) is 52.4 Å². The van der Waals surface area contributed by atoms with E-state index in [1.54, 1.807) is 7.05 Å². The zero-order valence-corrected chi connectivity index (χ0v) is 18.8. The first-order chi connectivity index (χ1) is 11.5. The normalized spacial score (nSPS) is 15.9. The van der Waals surface area contributed by atoms with Gasteiger partial charge in [-0.15, -0.1) is 24.0 Å². The molecule has 1 saturated heterocycles. The second kappa shape index (κ2) is 11.1. The van der Waals surface area contributed by atoms with Crippen molar-refractivity contribution < 1.29 is 0 Å². The fraction of sp³-hybridized carbons (Fsp3) is 0.611. The van der Waals surface area contributed by atoms with Gasteiger partial charge in [-0.3, -0.25) is 4.99 Å². The number of likely N-dealkylation sites (N-methyl/N-ethyl adjacent to an activating group) is 1. The lowest BCUT2D eigenvalue weighted by Crippen LogP contribution is -2.45. The Morgan fingerprint density at radius 3 is 2.48 bits per heavy atom. The predicted octanol–water partition coefficient (Wildman–Crippen LogP) is 3.03. The van der Waals surface area contributed by atoms with Crippen molar-refractivity contribution >= 4 is 47.2 Å². The standard InChI is InChI=1S/C18H30ClN5.HI/c1-14(2)12-21-18(20-3)22-13-15-16(19)6-5-7-17(15)24-10-8-23(4)9-11-24;/h5-7,14H,8-13H2,1-4H3,(H2,20,21,22);1H. The van der Waals surface area contributed by atoms with Crippen molar-refractivity contribution in [2.45, 2.75) is 20.4 Å². The van der Waals surface area contributed by atoms with Gasteiger partial charge < -0.3 is 20.4 Å². The summed E-state index contributed by atoms with van der Waals surface area (Å²) < 4.78 is 0. The minimum atomic E-state index is 0. The van der Waals surface area contributed by atoms with E-state index in [4.69, 9.17) is 11.6 Å². The van der Waals surface area contributed by atoms with Crippen LogP contribution in [0.3, 0.4) is 0 Å². The first-order valence-electron chi connectivity index (χ1n) is 8.66. The summed E-state index contributed by atoms with van der Waals surface area (Å²) in [6.45, 7) is 10.1. The summed E-state index contributed by atoms with van der Waals surface area (Å²) in [6, 6.07) is 6.16. The number of nitrogens with zero attached hydrogens (tertiary/aromatic N) is 3. The smallest absolute Gasteiger partial charge is 0.191 e. The summed E-state index contributed by atoms with van der Waals surface area (Å²) in [5, 5.41) is 7.53. The van der Waals surface area contributed by atoms with E-state index < -0.39 is 0 Å². The van der Waals surface area contributed by atoms with Crippen LogP contribution in [0.15, 0.2) is 23.2 Å². The zero-order chi connectivity index (χ0) is 17.5. The minimum absolute atomic E-state index is 0. The number of piperazine rings is 1. The summed E-state index contributed by atoms with van der Waals surface area (Å²) in [4.78, 5) is 9.07. The number of halogens is 2. The highest BCUT2D eigenvalue weighted by Gasteiger charge is 2.18. The molecule has 0 bridgehead atoms. The van der Waals surface area contributed by atoms with Crippen LogP contribution in [-0.4, -0.2) is 57.7 Å². The molecule has 0 radical (unpaired) electrons. The second-order valence-electron chi connectivity index (χ2n) is 6.73. The molecule has 1 aliphatic rings. The van der Waals surface area contributed by atoms with Crippen molar-refractivity contribution in [3.8, 4) is 0 Å². The molecule has 0 unspecified atom stereocenters. The van der Waals surface area contributed by atoms with Gasteiger partial charge >= 0.3 is 0 Å². The van der Waals surface area contributed by atoms with E-state index in [1.807, 2.05) is 12.1 Å². The summed E-state index contributed by atoms with van der Waals surface area (Å²) in [7, 11) is 3.96. The first kappa shape index (κ1) is 22.3. The van der Waals surface area contributed by atoms with Gasteiger partial charge in [0.2, 0.25) is 0 Å². The third kappa shape index (κ3) is 6.83. The Morgan fingerprint density at radius 1 is 1.20 bits per heavy atom. The number of rotatable bonds is 5. The molecule has 2 rings (SSSR count). The van der Waals surface area contributed by atoms with Crippen LogP contribution in [0.2, 0.25) is 5.02 Å². The Hall–Kier alpha value is -0.730. The fourth-order valence-corrected chi connectivity index (χ4v) is 3.00. The Labute approximate surface area is 174 Å². The molecule has 0 atom stereocenters. The topological polar surface area (TPSA) is 42.9 Å². The number of benzene rings is 1. The number of guanidine groups is 1. The summed E-state index contributed by atoms with van der Waals surface area (Å²) in [5.41, 5.74) is 2.36. The molecule has 5 nitrogen and oxygen atoms in total. The molecule has 0 amide bonds. The maximum atomic E-state index is 6.49. The van der Waals surface area contributed by atoms with E-state index in [9.17, 15) is 0 Å². The van der Waals surface area contributed by atoms with Crippen molar-refractivity contribution in [2.24, 2.45) is 10.9 Å². The lowest BCUT2D eigenvalue weighted by molar-refractivity contribution is 0.312. The zero-order valence-electron chi connectivity index (χ0n) is 15.7. The maximum absolute atomic E-state index is 6.49. The molecular formula is C18H31ClIN5. The van der Waals surface area contributed by atoms with E-state index in [-0.39, 0.29) is 24.0 Å². The summed E-state index contributed by atoms with van der Waals surface area (Å²) in [6.07, 6.45) is 0. The van der Waals surface area contributed by atoms with Crippen LogP contribution in [-0.2, 0) is 6.54 Å². The molecule has 1 heterocycles. The lowest BCUT2D eigenvalue weighted by Gasteiger charge is -2.35. The third-order valence-corrected chi connectivity index (χ3v) is 4.63. The van der Waals surface area contributed by atoms with Crippen molar-refractivity contribution in [3.63, 3.8) is 0 Å². The van der Waals surface area contributed by atoms with Crippen molar-refractivity contribution in [3.05, 3.63) is 28.8 Å². The average Bonchev–Trinajstić information content (AvgIpc) is 2.56. The SMILES string of the molecule is CN=C(NCc1c(Cl)cccc1N1CCN(C)CC1)NCC(C)C.I. The van der Waals surface area contributed by atoms with Crippen molar-refractivity contribution in [1.29, 1.82) is 0 Å². The summed E-state index contributed by atoms with van der Waals surface area (Å²) in [5.74, 6) is 1.39. The Bertz CT molecular complexity index is 556. The molecule has 0 aliphatic carbocycles. The number of aliphatic imine (C=N–C) groups is 1. The van der Waals surface area contributed by atoms with Gasteiger partial charge in [-0.05, 0) is 25.1 Å². The second-order valence-corrected chi connectivity index (χ2v) is 7.14. The van der Waals surface area contributed by atoms with Crippen LogP contribution in [0.5, 0.6) is 0 Å². The van der Waals surface area contributed by atoms with Crippen LogP contribution in [0, 0.1) is 5.92 Å². The molecule has 1 aromatic rings. The van der Waals surface area contributed by atoms with Gasteiger partial charge in [0.25, 0.3) is 0 Å². The molecule has 7 heteroatoms. The molecule has 2 N–H and O–H groups in total. The van der Waals surface area contributed by atoms with E-state index in [1.165, 1.54) is 5.69 Å². The Kier molecular flexibility index (Phi) is 9.89. The van der Waals surface area contributed by atoms with Gasteiger partial charge in [-0.1, -0.05) is 31.5 Å². The molecular weight excluding hydrogens is 449 g/mol. The van der Waals surface area contributed by atoms with Gasteiger partial charge in [0.15, 0.2) is 5.96 Å². The highest BCUT2D eigenvalue weighted by Crippen LogP contribution is 2.28. The van der Waals surface area contributed by atoms with E-state index >= 15 is 0 Å². The monoisotopic (exact) mass is 479 g/mol. The summed E-state index contributed by atoms with van der Waals surface area (Å²) >= 11 is 6.49. The van der Waals surface area contributed by atoms with Gasteiger partial charge in [0.1, 0.15) is 0 Å².